The van der Waals surface area contributed by atoms with Crippen molar-refractivity contribution in [1.82, 2.24) is 14.5 Å². The van der Waals surface area contributed by atoms with Gasteiger partial charge >= 0.3 is 5.69 Å². The van der Waals surface area contributed by atoms with Gasteiger partial charge in [-0.15, -0.1) is 0 Å². The second kappa shape index (κ2) is 6.14. The Hall–Kier alpha value is -1.07. The molecule has 2 rings (SSSR count). The van der Waals surface area contributed by atoms with Gasteiger partial charge in [-0.2, -0.15) is 0 Å². The summed E-state index contributed by atoms with van der Waals surface area (Å²) in [5.41, 5.74) is -0.199. The van der Waals surface area contributed by atoms with Gasteiger partial charge in [0.25, 0.3) is 5.56 Å². The summed E-state index contributed by atoms with van der Waals surface area (Å²) in [4.78, 5) is 29.3. The first-order chi connectivity index (χ1) is 9.41. The summed E-state index contributed by atoms with van der Waals surface area (Å²) < 4.78 is 1.28. The molecular weight excluding hydrogens is 278 g/mol. The third kappa shape index (κ3) is 2.99. The summed E-state index contributed by atoms with van der Waals surface area (Å²) in [5.74, 6) is -0.0137. The predicted octanol–water partition coefficient (Wildman–Crippen LogP) is 1.80. The molecule has 1 atom stereocenters. The maximum Gasteiger partial charge on any atom is 0.329 e. The van der Waals surface area contributed by atoms with Crippen molar-refractivity contribution in [2.75, 3.05) is 13.1 Å². The van der Waals surface area contributed by atoms with Crippen molar-refractivity contribution in [2.45, 2.75) is 52.1 Å². The molecule has 2 heterocycles. The average Bonchev–Trinajstić information content (AvgIpc) is 2.87. The Morgan fingerprint density at radius 1 is 1.20 bits per heavy atom. The van der Waals surface area contributed by atoms with Crippen LogP contribution in [0.5, 0.6) is 0 Å². The average molecular weight is 300 g/mol. The van der Waals surface area contributed by atoms with Crippen LogP contribution in [0.1, 0.15) is 45.1 Å². The van der Waals surface area contributed by atoms with Crippen molar-refractivity contribution in [3.8, 4) is 0 Å². The summed E-state index contributed by atoms with van der Waals surface area (Å²) in [6, 6.07) is 0.178. The van der Waals surface area contributed by atoms with Gasteiger partial charge in [0.15, 0.2) is 0 Å². The van der Waals surface area contributed by atoms with Crippen molar-refractivity contribution >= 4 is 11.6 Å². The Labute approximate surface area is 123 Å². The molecule has 1 aromatic rings. The molecule has 0 bridgehead atoms. The number of halogens is 1. The van der Waals surface area contributed by atoms with Gasteiger partial charge < -0.3 is 0 Å². The van der Waals surface area contributed by atoms with Crippen molar-refractivity contribution in [1.29, 1.82) is 0 Å². The van der Waals surface area contributed by atoms with Crippen LogP contribution in [-0.2, 0) is 6.54 Å². The summed E-state index contributed by atoms with van der Waals surface area (Å²) in [6.07, 6.45) is 2.38. The molecule has 1 aromatic heterocycles. The SMILES string of the molecule is CC(C)c1c(Cl)[nH]c(=O)n(CC(C)N2CCCC2)c1=O. The smallest absolute Gasteiger partial charge is 0.299 e. The Morgan fingerprint density at radius 2 is 1.80 bits per heavy atom. The summed E-state index contributed by atoms with van der Waals surface area (Å²) in [5, 5.41) is 0.167. The normalized spacial score (nSPS) is 17.9. The van der Waals surface area contributed by atoms with E-state index in [2.05, 4.69) is 16.8 Å². The van der Waals surface area contributed by atoms with Gasteiger partial charge in [-0.1, -0.05) is 25.4 Å². The Kier molecular flexibility index (Phi) is 4.70. The number of H-pyrrole nitrogens is 1. The van der Waals surface area contributed by atoms with Gasteiger partial charge in [0, 0.05) is 12.6 Å². The second-order valence-electron chi connectivity index (χ2n) is 5.82. The molecule has 6 heteroatoms. The van der Waals surface area contributed by atoms with Gasteiger partial charge in [0.1, 0.15) is 5.15 Å². The first-order valence-corrected chi connectivity index (χ1v) is 7.56. The maximum atomic E-state index is 12.4. The summed E-state index contributed by atoms with van der Waals surface area (Å²) in [7, 11) is 0. The van der Waals surface area contributed by atoms with Crippen LogP contribution < -0.4 is 11.2 Å². The number of nitrogens with one attached hydrogen (secondary N) is 1. The molecule has 1 saturated heterocycles. The van der Waals surface area contributed by atoms with Gasteiger partial charge in [-0.3, -0.25) is 19.2 Å². The molecule has 0 aliphatic carbocycles. The number of hydrogen-bond donors (Lipinski definition) is 1. The molecule has 0 saturated carbocycles. The van der Waals surface area contributed by atoms with Gasteiger partial charge in [0.2, 0.25) is 0 Å². The van der Waals surface area contributed by atoms with Crippen molar-refractivity contribution in [2.24, 2.45) is 0 Å². The predicted molar refractivity (Wildman–Crippen MR) is 80.7 cm³/mol. The van der Waals surface area contributed by atoms with E-state index in [0.717, 1.165) is 13.1 Å². The van der Waals surface area contributed by atoms with Crippen LogP contribution in [0, 0.1) is 0 Å². The number of aromatic nitrogens is 2. The fourth-order valence-electron chi connectivity index (χ4n) is 2.79. The fourth-order valence-corrected chi connectivity index (χ4v) is 3.17. The summed E-state index contributed by atoms with van der Waals surface area (Å²) in [6.45, 7) is 8.34. The number of nitrogens with zero attached hydrogens (tertiary/aromatic N) is 2. The first-order valence-electron chi connectivity index (χ1n) is 7.18. The highest BCUT2D eigenvalue weighted by Gasteiger charge is 2.21. The fraction of sp³-hybridized carbons (Fsp3) is 0.714. The quantitative estimate of drug-likeness (QED) is 0.863. The largest absolute Gasteiger partial charge is 0.329 e. The minimum atomic E-state index is -0.421. The molecule has 1 aliphatic heterocycles. The third-order valence-electron chi connectivity index (χ3n) is 3.96. The van der Waals surface area contributed by atoms with Crippen LogP contribution in [0.15, 0.2) is 9.59 Å². The minimum Gasteiger partial charge on any atom is -0.299 e. The Balaban J connectivity index is 2.34. The molecule has 0 spiro atoms. The van der Waals surface area contributed by atoms with Crippen molar-refractivity contribution < 1.29 is 0 Å². The standard InChI is InChI=1S/C14H22ClN3O2/c1-9(2)11-12(15)16-14(20)18(13(11)19)8-10(3)17-6-4-5-7-17/h9-10H,4-8H2,1-3H3,(H,16,20). The van der Waals surface area contributed by atoms with Gasteiger partial charge in [-0.05, 0) is 38.8 Å². The molecule has 112 valence electrons. The molecule has 20 heavy (non-hydrogen) atoms. The van der Waals surface area contributed by atoms with E-state index in [-0.39, 0.29) is 22.7 Å². The lowest BCUT2D eigenvalue weighted by Crippen LogP contribution is -2.44. The lowest BCUT2D eigenvalue weighted by atomic mass is 10.1. The van der Waals surface area contributed by atoms with E-state index in [1.807, 2.05) is 13.8 Å². The molecule has 5 nitrogen and oxygen atoms in total. The van der Waals surface area contributed by atoms with Crippen LogP contribution in [0.25, 0.3) is 0 Å². The lowest BCUT2D eigenvalue weighted by Gasteiger charge is -2.24. The first kappa shape index (κ1) is 15.3. The van der Waals surface area contributed by atoms with Crippen LogP contribution in [0.3, 0.4) is 0 Å². The monoisotopic (exact) mass is 299 g/mol. The minimum absolute atomic E-state index is 0.0137. The topological polar surface area (TPSA) is 58.1 Å². The molecule has 0 amide bonds. The van der Waals surface area contributed by atoms with Gasteiger partial charge in [0.05, 0.1) is 5.56 Å². The Bertz CT molecular complexity index is 585. The van der Waals surface area contributed by atoms with Crippen molar-refractivity contribution in [3.05, 3.63) is 31.6 Å². The molecule has 1 N–H and O–H groups in total. The Morgan fingerprint density at radius 3 is 2.35 bits per heavy atom. The number of rotatable bonds is 4. The number of aromatic amines is 1. The molecular formula is C14H22ClN3O2. The van der Waals surface area contributed by atoms with E-state index in [1.165, 1.54) is 17.4 Å². The van der Waals surface area contributed by atoms with Crippen LogP contribution in [0.4, 0.5) is 0 Å². The van der Waals surface area contributed by atoms with Crippen LogP contribution in [0.2, 0.25) is 5.15 Å². The molecule has 1 unspecified atom stereocenters. The van der Waals surface area contributed by atoms with E-state index in [0.29, 0.717) is 12.1 Å². The van der Waals surface area contributed by atoms with Gasteiger partial charge in [-0.25, -0.2) is 4.79 Å². The third-order valence-corrected chi connectivity index (χ3v) is 4.26. The molecule has 1 fully saturated rings. The second-order valence-corrected chi connectivity index (χ2v) is 6.20. The zero-order valence-electron chi connectivity index (χ0n) is 12.3. The van der Waals surface area contributed by atoms with E-state index in [9.17, 15) is 9.59 Å². The van der Waals surface area contributed by atoms with Crippen molar-refractivity contribution in [3.63, 3.8) is 0 Å². The summed E-state index contributed by atoms with van der Waals surface area (Å²) >= 11 is 5.99. The molecule has 1 aliphatic rings. The molecule has 0 radical (unpaired) electrons. The highest BCUT2D eigenvalue weighted by atomic mass is 35.5. The van der Waals surface area contributed by atoms with E-state index in [4.69, 9.17) is 11.6 Å². The van der Waals surface area contributed by atoms with E-state index >= 15 is 0 Å². The number of hydrogen-bond acceptors (Lipinski definition) is 3. The zero-order valence-corrected chi connectivity index (χ0v) is 13.0. The highest BCUT2D eigenvalue weighted by Crippen LogP contribution is 2.17. The maximum absolute atomic E-state index is 12.4. The van der Waals surface area contributed by atoms with E-state index in [1.54, 1.807) is 0 Å². The van der Waals surface area contributed by atoms with E-state index < -0.39 is 5.69 Å². The highest BCUT2D eigenvalue weighted by molar-refractivity contribution is 6.30. The zero-order chi connectivity index (χ0) is 14.9. The van der Waals surface area contributed by atoms with Crippen LogP contribution in [-0.4, -0.2) is 33.6 Å². The van der Waals surface area contributed by atoms with Crippen LogP contribution >= 0.6 is 11.6 Å². The molecule has 0 aromatic carbocycles. The lowest BCUT2D eigenvalue weighted by molar-refractivity contribution is 0.231. The number of likely N-dealkylation sites (tertiary alicyclic amines) is 1.